The maximum absolute atomic E-state index is 5.75. The van der Waals surface area contributed by atoms with Crippen LogP contribution in [0.3, 0.4) is 0 Å². The van der Waals surface area contributed by atoms with Crippen LogP contribution in [0.15, 0.2) is 85.2 Å². The third kappa shape index (κ3) is 5.19. The highest BCUT2D eigenvalue weighted by Gasteiger charge is 2.24. The predicted molar refractivity (Wildman–Crippen MR) is 166 cm³/mol. The molecule has 9 aliphatic rings. The molecule has 0 unspecified atom stereocenters. The lowest BCUT2D eigenvalue weighted by Crippen LogP contribution is -2.21. The summed E-state index contributed by atoms with van der Waals surface area (Å²) in [6.07, 6.45) is 12.0. The van der Waals surface area contributed by atoms with Gasteiger partial charge in [-0.05, 0) is 120 Å². The summed E-state index contributed by atoms with van der Waals surface area (Å²) < 4.78 is 11.5. The standard InChI is InChI=1S/C37H36N2O2/c1-40-36-23-28-5-3-26-7-11-30(15-17-32(36)13-9-28)34(21-26)38-19-20-39(25-38)35-22-27-4-6-29-10-14-33(37(24-29)41-2)18-16-31(35)12-8-27/h7-14,19-24H,3-6,15-18H2,1-2H3. The van der Waals surface area contributed by atoms with Crippen molar-refractivity contribution in [3.05, 3.63) is 136 Å². The van der Waals surface area contributed by atoms with Crippen LogP contribution < -0.4 is 19.3 Å². The van der Waals surface area contributed by atoms with Crippen LogP contribution in [-0.2, 0) is 51.4 Å². The molecule has 4 aromatic rings. The second kappa shape index (κ2) is 11.0. The Morgan fingerprint density at radius 3 is 1.24 bits per heavy atom. The third-order valence-corrected chi connectivity index (χ3v) is 8.83. The van der Waals surface area contributed by atoms with Gasteiger partial charge < -0.3 is 19.3 Å². The molecule has 206 valence electrons. The molecule has 8 bridgehead atoms. The molecule has 0 saturated carbocycles. The molecule has 0 spiro atoms. The van der Waals surface area contributed by atoms with Gasteiger partial charge in [0.2, 0.25) is 6.67 Å². The van der Waals surface area contributed by atoms with Crippen molar-refractivity contribution >= 4 is 11.4 Å². The Balaban J connectivity index is 1.16. The molecule has 4 nitrogen and oxygen atoms in total. The predicted octanol–water partition coefficient (Wildman–Crippen LogP) is 7.27. The normalized spacial score (nSPS) is 16.0. The van der Waals surface area contributed by atoms with Crippen molar-refractivity contribution in [2.24, 2.45) is 0 Å². The second-order valence-electron chi connectivity index (χ2n) is 11.4. The number of ether oxygens (including phenoxy) is 2. The van der Waals surface area contributed by atoms with E-state index < -0.39 is 0 Å². The van der Waals surface area contributed by atoms with Gasteiger partial charge >= 0.3 is 0 Å². The maximum Gasteiger partial charge on any atom is 0.217 e. The number of anilines is 2. The van der Waals surface area contributed by atoms with Crippen molar-refractivity contribution in [2.45, 2.75) is 51.4 Å². The Morgan fingerprint density at radius 1 is 0.463 bits per heavy atom. The molecule has 1 aliphatic heterocycles. The Labute approximate surface area is 243 Å². The molecule has 0 N–H and O–H groups in total. The third-order valence-electron chi connectivity index (χ3n) is 8.83. The summed E-state index contributed by atoms with van der Waals surface area (Å²) in [4.78, 5) is 4.37. The summed E-state index contributed by atoms with van der Waals surface area (Å²) >= 11 is 0. The van der Waals surface area contributed by atoms with Crippen LogP contribution in [0.2, 0.25) is 0 Å². The summed E-state index contributed by atoms with van der Waals surface area (Å²) in [7, 11) is 3.56. The Kier molecular flexibility index (Phi) is 6.92. The number of nitrogens with zero attached hydrogens (tertiary/aromatic N) is 2. The van der Waals surface area contributed by atoms with Gasteiger partial charge in [0.25, 0.3) is 0 Å². The smallest absolute Gasteiger partial charge is 0.217 e. The lowest BCUT2D eigenvalue weighted by Gasteiger charge is -2.25. The van der Waals surface area contributed by atoms with Gasteiger partial charge in [-0.25, -0.2) is 0 Å². The molecule has 1 heterocycles. The number of hydrogen-bond acceptors (Lipinski definition) is 4. The van der Waals surface area contributed by atoms with E-state index in [1.54, 1.807) is 14.2 Å². The SMILES string of the molecule is COc1cc2ccc1CCc1ccc(cc1N1[C]N(c3cc4ccc3CCc3ccc(cc3OC)CC4)C=C1)CC2. The topological polar surface area (TPSA) is 24.9 Å². The molecule has 41 heavy (non-hydrogen) atoms. The Hall–Kier alpha value is -4.18. The van der Waals surface area contributed by atoms with Crippen LogP contribution in [0.1, 0.15) is 44.5 Å². The fourth-order valence-corrected chi connectivity index (χ4v) is 6.40. The lowest BCUT2D eigenvalue weighted by molar-refractivity contribution is 0.409. The minimum Gasteiger partial charge on any atom is -0.496 e. The van der Waals surface area contributed by atoms with E-state index >= 15 is 0 Å². The van der Waals surface area contributed by atoms with Crippen molar-refractivity contribution in [3.8, 4) is 11.5 Å². The monoisotopic (exact) mass is 540 g/mol. The minimum absolute atomic E-state index is 0.938. The van der Waals surface area contributed by atoms with Crippen LogP contribution >= 0.6 is 0 Å². The summed E-state index contributed by atoms with van der Waals surface area (Å²) in [5, 5.41) is 0. The molecule has 4 aromatic carbocycles. The van der Waals surface area contributed by atoms with Crippen LogP contribution in [-0.4, -0.2) is 14.2 Å². The zero-order valence-corrected chi connectivity index (χ0v) is 24.0. The van der Waals surface area contributed by atoms with Crippen molar-refractivity contribution in [1.82, 2.24) is 0 Å². The van der Waals surface area contributed by atoms with Crippen molar-refractivity contribution in [2.75, 3.05) is 24.0 Å². The van der Waals surface area contributed by atoms with Gasteiger partial charge in [-0.1, -0.05) is 48.5 Å². The van der Waals surface area contributed by atoms with E-state index in [0.29, 0.717) is 0 Å². The van der Waals surface area contributed by atoms with E-state index in [2.05, 4.69) is 102 Å². The number of hydrogen-bond donors (Lipinski definition) is 0. The molecule has 13 rings (SSSR count). The van der Waals surface area contributed by atoms with E-state index in [-0.39, 0.29) is 0 Å². The van der Waals surface area contributed by atoms with E-state index in [4.69, 9.17) is 9.47 Å². The number of aryl methyl sites for hydroxylation is 8. The highest BCUT2D eigenvalue weighted by Crippen LogP contribution is 2.36. The van der Waals surface area contributed by atoms with Gasteiger partial charge in [0, 0.05) is 23.8 Å². The largest absolute Gasteiger partial charge is 0.496 e. The zero-order valence-electron chi connectivity index (χ0n) is 24.0. The van der Waals surface area contributed by atoms with Gasteiger partial charge in [0.1, 0.15) is 11.5 Å². The fourth-order valence-electron chi connectivity index (χ4n) is 6.40. The molecule has 2 radical (unpaired) electrons. The summed E-state index contributed by atoms with van der Waals surface area (Å²) in [6.45, 7) is 3.69. The second-order valence-corrected chi connectivity index (χ2v) is 11.4. The number of benzene rings is 4. The lowest BCUT2D eigenvalue weighted by atomic mass is 9.94. The Bertz CT molecular complexity index is 1500. The van der Waals surface area contributed by atoms with E-state index in [1.165, 1.54) is 55.9 Å². The molecule has 0 amide bonds. The number of methoxy groups -OCH3 is 2. The summed E-state index contributed by atoms with van der Waals surface area (Å²) in [5.74, 6) is 2.01. The van der Waals surface area contributed by atoms with Crippen molar-refractivity contribution in [1.29, 1.82) is 0 Å². The van der Waals surface area contributed by atoms with Gasteiger partial charge in [0.05, 0.1) is 14.2 Å². The van der Waals surface area contributed by atoms with Crippen LogP contribution in [0.4, 0.5) is 11.4 Å². The van der Waals surface area contributed by atoms with Gasteiger partial charge in [0.15, 0.2) is 0 Å². The summed E-state index contributed by atoms with van der Waals surface area (Å²) in [5.41, 5.74) is 12.9. The Morgan fingerprint density at radius 2 is 0.829 bits per heavy atom. The van der Waals surface area contributed by atoms with E-state index in [9.17, 15) is 0 Å². The highest BCUT2D eigenvalue weighted by atomic mass is 16.5. The minimum atomic E-state index is 0.938. The molecule has 0 aromatic heterocycles. The highest BCUT2D eigenvalue weighted by molar-refractivity contribution is 5.68. The fraction of sp³-hybridized carbons (Fsp3) is 0.270. The molecule has 8 aliphatic carbocycles. The van der Waals surface area contributed by atoms with E-state index in [0.717, 1.165) is 62.9 Å². The molecule has 0 fully saturated rings. The van der Waals surface area contributed by atoms with Crippen molar-refractivity contribution < 1.29 is 9.47 Å². The first-order chi connectivity index (χ1) is 20.2. The van der Waals surface area contributed by atoms with Crippen LogP contribution in [0.5, 0.6) is 11.5 Å². The molecule has 4 heteroatoms. The first kappa shape index (κ1) is 25.8. The zero-order chi connectivity index (χ0) is 27.8. The van der Waals surface area contributed by atoms with Gasteiger partial charge in [-0.2, -0.15) is 0 Å². The van der Waals surface area contributed by atoms with Crippen LogP contribution in [0, 0.1) is 6.67 Å². The molecule has 0 atom stereocenters. The van der Waals surface area contributed by atoms with Gasteiger partial charge in [-0.15, -0.1) is 0 Å². The molecular formula is C37H36N2O2. The van der Waals surface area contributed by atoms with Gasteiger partial charge in [-0.3, -0.25) is 0 Å². The first-order valence-electron chi connectivity index (χ1n) is 14.7. The number of rotatable bonds is 4. The van der Waals surface area contributed by atoms with Crippen LogP contribution in [0.25, 0.3) is 0 Å². The average Bonchev–Trinajstić information content (AvgIpc) is 3.49. The maximum atomic E-state index is 5.75. The average molecular weight is 541 g/mol. The first-order valence-corrected chi connectivity index (χ1v) is 14.7. The molecular weight excluding hydrogens is 504 g/mol. The van der Waals surface area contributed by atoms with Crippen molar-refractivity contribution in [3.63, 3.8) is 0 Å². The summed E-state index contributed by atoms with van der Waals surface area (Å²) in [6, 6.07) is 27.4. The molecule has 0 saturated heterocycles. The van der Waals surface area contributed by atoms with E-state index in [1.807, 2.05) is 0 Å². The quantitative estimate of drug-likeness (QED) is 0.272.